The monoisotopic (exact) mass is 234 g/mol. The summed E-state index contributed by atoms with van der Waals surface area (Å²) in [6.45, 7) is 0.365. The highest BCUT2D eigenvalue weighted by Crippen LogP contribution is 2.16. The van der Waals surface area contributed by atoms with Crippen molar-refractivity contribution in [1.82, 2.24) is 0 Å². The maximum atomic E-state index is 12.9. The van der Waals surface area contributed by atoms with Crippen molar-refractivity contribution >= 4 is 12.6 Å². The minimum atomic E-state index is -0.244. The molecule has 0 aromatic heterocycles. The molecule has 2 aromatic rings. The van der Waals surface area contributed by atoms with Gasteiger partial charge in [-0.05, 0) is 42.0 Å². The van der Waals surface area contributed by atoms with Gasteiger partial charge in [-0.2, -0.15) is 0 Å². The fourth-order valence-corrected chi connectivity index (χ4v) is 1.48. The van der Waals surface area contributed by atoms with Crippen LogP contribution in [0.5, 0.6) is 5.75 Å². The summed E-state index contributed by atoms with van der Waals surface area (Å²) in [5.74, 6) is 0.508. The summed E-state index contributed by atoms with van der Waals surface area (Å²) in [5, 5.41) is 0. The van der Waals surface area contributed by atoms with Gasteiger partial charge in [-0.1, -0.05) is 12.1 Å². The fraction of sp³-hybridized carbons (Fsp3) is 0.0769. The van der Waals surface area contributed by atoms with Gasteiger partial charge in [-0.15, -0.1) is 12.6 Å². The minimum absolute atomic E-state index is 0.244. The van der Waals surface area contributed by atoms with E-state index in [4.69, 9.17) is 4.74 Å². The molecule has 0 atom stereocenters. The van der Waals surface area contributed by atoms with Crippen LogP contribution in [0.2, 0.25) is 0 Å². The zero-order valence-electron chi connectivity index (χ0n) is 8.56. The van der Waals surface area contributed by atoms with E-state index in [1.165, 1.54) is 12.1 Å². The van der Waals surface area contributed by atoms with Gasteiger partial charge < -0.3 is 4.74 Å². The van der Waals surface area contributed by atoms with Crippen molar-refractivity contribution in [3.8, 4) is 5.75 Å². The van der Waals surface area contributed by atoms with Crippen LogP contribution in [0.1, 0.15) is 5.56 Å². The molecule has 2 aromatic carbocycles. The molecule has 0 aliphatic rings. The maximum Gasteiger partial charge on any atom is 0.123 e. The second kappa shape index (κ2) is 5.03. The van der Waals surface area contributed by atoms with Gasteiger partial charge in [-0.25, -0.2) is 4.39 Å². The van der Waals surface area contributed by atoms with Crippen molar-refractivity contribution in [3.05, 3.63) is 59.9 Å². The zero-order chi connectivity index (χ0) is 11.4. The number of hydrogen-bond donors (Lipinski definition) is 1. The van der Waals surface area contributed by atoms with E-state index in [9.17, 15) is 4.39 Å². The van der Waals surface area contributed by atoms with Crippen molar-refractivity contribution in [2.75, 3.05) is 0 Å². The molecule has 0 saturated carbocycles. The number of hydrogen-bond acceptors (Lipinski definition) is 2. The first kappa shape index (κ1) is 11.0. The third-order valence-electron chi connectivity index (χ3n) is 2.13. The highest BCUT2D eigenvalue weighted by atomic mass is 32.1. The first-order valence-electron chi connectivity index (χ1n) is 4.90. The van der Waals surface area contributed by atoms with Crippen molar-refractivity contribution in [2.24, 2.45) is 0 Å². The number of thiol groups is 1. The van der Waals surface area contributed by atoms with Gasteiger partial charge in [0.15, 0.2) is 0 Å². The Labute approximate surface area is 99.3 Å². The molecule has 0 N–H and O–H groups in total. The van der Waals surface area contributed by atoms with Crippen molar-refractivity contribution in [3.63, 3.8) is 0 Å². The van der Waals surface area contributed by atoms with Crippen LogP contribution in [-0.2, 0) is 6.61 Å². The summed E-state index contributed by atoms with van der Waals surface area (Å²) >= 11 is 4.18. The third-order valence-corrected chi connectivity index (χ3v) is 2.43. The lowest BCUT2D eigenvalue weighted by Gasteiger charge is -2.06. The fourth-order valence-electron chi connectivity index (χ4n) is 1.34. The molecule has 0 heterocycles. The van der Waals surface area contributed by atoms with Crippen molar-refractivity contribution < 1.29 is 9.13 Å². The van der Waals surface area contributed by atoms with E-state index in [1.54, 1.807) is 6.07 Å². The molecule has 3 heteroatoms. The van der Waals surface area contributed by atoms with E-state index in [2.05, 4.69) is 12.6 Å². The molecule has 0 aliphatic heterocycles. The average molecular weight is 234 g/mol. The molecule has 0 radical (unpaired) electrons. The molecule has 0 fully saturated rings. The van der Waals surface area contributed by atoms with Crippen LogP contribution in [0, 0.1) is 5.82 Å². The summed E-state index contributed by atoms with van der Waals surface area (Å²) in [6.07, 6.45) is 0. The lowest BCUT2D eigenvalue weighted by Crippen LogP contribution is -1.95. The molecule has 2 rings (SSSR count). The molecule has 0 aliphatic carbocycles. The Morgan fingerprint density at radius 1 is 1.06 bits per heavy atom. The van der Waals surface area contributed by atoms with Gasteiger partial charge in [0, 0.05) is 4.90 Å². The summed E-state index contributed by atoms with van der Waals surface area (Å²) in [6, 6.07) is 13.8. The van der Waals surface area contributed by atoms with E-state index < -0.39 is 0 Å². The molecule has 16 heavy (non-hydrogen) atoms. The van der Waals surface area contributed by atoms with E-state index in [0.717, 1.165) is 16.2 Å². The molecular formula is C13H11FOS. The summed E-state index contributed by atoms with van der Waals surface area (Å²) < 4.78 is 18.4. The van der Waals surface area contributed by atoms with Crippen molar-refractivity contribution in [1.29, 1.82) is 0 Å². The van der Waals surface area contributed by atoms with E-state index in [-0.39, 0.29) is 5.82 Å². The largest absolute Gasteiger partial charge is 0.489 e. The lowest BCUT2D eigenvalue weighted by atomic mass is 10.2. The molecule has 0 saturated heterocycles. The molecule has 0 bridgehead atoms. The van der Waals surface area contributed by atoms with Crippen LogP contribution in [0.15, 0.2) is 53.4 Å². The van der Waals surface area contributed by atoms with Crippen LogP contribution in [0.3, 0.4) is 0 Å². The Bertz CT molecular complexity index is 468. The smallest absolute Gasteiger partial charge is 0.123 e. The van der Waals surface area contributed by atoms with Crippen LogP contribution in [0.25, 0.3) is 0 Å². The first-order valence-corrected chi connectivity index (χ1v) is 5.35. The maximum absolute atomic E-state index is 12.9. The molecule has 0 unspecified atom stereocenters. The van der Waals surface area contributed by atoms with Crippen LogP contribution >= 0.6 is 12.6 Å². The number of rotatable bonds is 3. The number of ether oxygens (including phenoxy) is 1. The molecule has 0 spiro atoms. The second-order valence-corrected chi connectivity index (χ2v) is 3.93. The first-order chi connectivity index (χ1) is 7.74. The van der Waals surface area contributed by atoms with Gasteiger partial charge in [0.1, 0.15) is 18.2 Å². The van der Waals surface area contributed by atoms with E-state index in [0.29, 0.717) is 6.61 Å². The topological polar surface area (TPSA) is 9.23 Å². The van der Waals surface area contributed by atoms with Crippen LogP contribution in [-0.4, -0.2) is 0 Å². The Morgan fingerprint density at radius 2 is 1.81 bits per heavy atom. The van der Waals surface area contributed by atoms with E-state index in [1.807, 2.05) is 30.3 Å². The predicted molar refractivity (Wildman–Crippen MR) is 64.4 cm³/mol. The standard InChI is InChI=1S/C13H11FOS/c14-11-3-1-2-10(8-11)9-15-12-4-6-13(16)7-5-12/h1-8,16H,9H2. The van der Waals surface area contributed by atoms with Gasteiger partial charge in [0.2, 0.25) is 0 Å². The van der Waals surface area contributed by atoms with Crippen molar-refractivity contribution in [2.45, 2.75) is 11.5 Å². The zero-order valence-corrected chi connectivity index (χ0v) is 9.45. The highest BCUT2D eigenvalue weighted by Gasteiger charge is 1.97. The molecular weight excluding hydrogens is 223 g/mol. The number of halogens is 1. The summed E-state index contributed by atoms with van der Waals surface area (Å²) in [4.78, 5) is 0.887. The molecule has 82 valence electrons. The van der Waals surface area contributed by atoms with Gasteiger partial charge in [-0.3, -0.25) is 0 Å². The van der Waals surface area contributed by atoms with Gasteiger partial charge in [0.25, 0.3) is 0 Å². The second-order valence-electron chi connectivity index (χ2n) is 3.41. The minimum Gasteiger partial charge on any atom is -0.489 e. The summed E-state index contributed by atoms with van der Waals surface area (Å²) in [5.41, 5.74) is 0.815. The Hall–Kier alpha value is -1.48. The Morgan fingerprint density at radius 3 is 2.50 bits per heavy atom. The third kappa shape index (κ3) is 3.00. The molecule has 1 nitrogen and oxygen atoms in total. The Balaban J connectivity index is 1.99. The average Bonchev–Trinajstić information content (AvgIpc) is 2.28. The van der Waals surface area contributed by atoms with Gasteiger partial charge >= 0.3 is 0 Å². The van der Waals surface area contributed by atoms with Gasteiger partial charge in [0.05, 0.1) is 0 Å². The quantitative estimate of drug-likeness (QED) is 0.797. The predicted octanol–water partition coefficient (Wildman–Crippen LogP) is 3.69. The lowest BCUT2D eigenvalue weighted by molar-refractivity contribution is 0.305. The van der Waals surface area contributed by atoms with E-state index >= 15 is 0 Å². The number of benzene rings is 2. The highest BCUT2D eigenvalue weighted by molar-refractivity contribution is 7.80. The van der Waals surface area contributed by atoms with Crippen LogP contribution in [0.4, 0.5) is 4.39 Å². The van der Waals surface area contributed by atoms with Crippen LogP contribution < -0.4 is 4.74 Å². The summed E-state index contributed by atoms with van der Waals surface area (Å²) in [7, 11) is 0. The molecule has 0 amide bonds. The Kier molecular flexibility index (Phi) is 3.47. The SMILES string of the molecule is Fc1cccc(COc2ccc(S)cc2)c1. The normalized spacial score (nSPS) is 10.1.